The standard InChI is InChI=1S/C65H86N12O26/c1-27(29-7-3-2-4-8-29)42-58(94)71-34(17-28-11-14-32(15-12-28)99-62-54(91)51(88)55(39(24-80)101-62)103-63-53(90)50(87)48(85)40(102-63)25-97-26-98-33-16-13-30-9-5-6-10-31(30)18-33)57(93)75-43(45(82)35-19-69-64(66)73-35)60(96)76-44(59(95)72-36(22-78)56(92)68-21-41(81)74-42)46(83)37-20-70-65(67)77(37)61-52(89)49(86)47(84)38(23-79)100-61/h2-16,18,27,34-40,42-55,61-63,78-80,82-91H,17,19-26H2,1H3,(H11,66,67,68,69,70,71,72,73,74,75,76,81,92,93,94,95,96)/p+2/t27-,34-,35+,36?,37+,38+,39-,40+,42+,43+,44-,45-,46-,47+,48+,49+,50+,51+,52+,53+,54-,55+,61-,62-,63+/m1/s1. The van der Waals surface area contributed by atoms with Gasteiger partial charge in [-0.15, -0.1) is 0 Å². The van der Waals surface area contributed by atoms with Crippen LogP contribution in [0.2, 0.25) is 0 Å². The number of aliphatic hydroxyl groups is 14. The summed E-state index contributed by atoms with van der Waals surface area (Å²) in [7, 11) is 0. The molecule has 6 heterocycles. The number of hydrogen-bond donors (Lipinski definition) is 24. The summed E-state index contributed by atoms with van der Waals surface area (Å²) in [6.07, 6.45) is -31.5. The fourth-order valence-corrected chi connectivity index (χ4v) is 12.8. The maximum atomic E-state index is 15.2. The van der Waals surface area contributed by atoms with Gasteiger partial charge in [-0.3, -0.25) is 51.3 Å². The molecule has 10 rings (SSSR count). The topological polar surface area (TPSA) is 607 Å². The van der Waals surface area contributed by atoms with Crippen LogP contribution in [0.1, 0.15) is 24.0 Å². The summed E-state index contributed by atoms with van der Waals surface area (Å²) in [6.45, 7) is -3.53. The van der Waals surface area contributed by atoms with Crippen LogP contribution >= 0.6 is 0 Å². The molecule has 25 atom stereocenters. The molecule has 4 aromatic carbocycles. The molecule has 0 saturated carbocycles. The van der Waals surface area contributed by atoms with Gasteiger partial charge in [0.25, 0.3) is 0 Å². The molecular formula is C65H88N12O26+2. The van der Waals surface area contributed by atoms with Gasteiger partial charge >= 0.3 is 17.8 Å². The molecule has 3 fully saturated rings. The highest BCUT2D eigenvalue weighted by molar-refractivity contribution is 5.97. The second kappa shape index (κ2) is 34.3. The lowest BCUT2D eigenvalue weighted by Crippen LogP contribution is -2.80. The third-order valence-corrected chi connectivity index (χ3v) is 18.7. The highest BCUT2D eigenvalue weighted by Crippen LogP contribution is 2.32. The van der Waals surface area contributed by atoms with Gasteiger partial charge < -0.3 is 131 Å². The van der Waals surface area contributed by atoms with Crippen LogP contribution in [0.15, 0.2) is 102 Å². The molecule has 0 radical (unpaired) electrons. The number of aliphatic hydroxyl groups excluding tert-OH is 14. The zero-order valence-electron chi connectivity index (χ0n) is 55.2. The van der Waals surface area contributed by atoms with Crippen LogP contribution in [-0.4, -0.2) is 323 Å². The number of ether oxygens (including phenoxy) is 7. The van der Waals surface area contributed by atoms with Crippen molar-refractivity contribution in [3.63, 3.8) is 0 Å². The highest BCUT2D eigenvalue weighted by Gasteiger charge is 2.55. The Kier molecular flexibility index (Phi) is 25.7. The van der Waals surface area contributed by atoms with E-state index in [1.165, 1.54) is 24.3 Å². The maximum absolute atomic E-state index is 15.2. The maximum Gasteiger partial charge on any atom is 0.358 e. The van der Waals surface area contributed by atoms with Gasteiger partial charge in [-0.1, -0.05) is 79.7 Å². The van der Waals surface area contributed by atoms with Crippen molar-refractivity contribution < 1.29 is 143 Å². The van der Waals surface area contributed by atoms with Gasteiger partial charge in [0.1, 0.15) is 140 Å². The number of nitrogens with one attached hydrogen (secondary N) is 8. The van der Waals surface area contributed by atoms with E-state index < -0.39 is 227 Å². The number of aliphatic imine (C=N–C) groups is 1. The van der Waals surface area contributed by atoms with Crippen LogP contribution in [-0.2, 0) is 49.3 Å². The van der Waals surface area contributed by atoms with E-state index in [0.717, 1.165) is 15.3 Å². The minimum atomic E-state index is -2.30. The molecule has 6 aliphatic heterocycles. The van der Waals surface area contributed by atoms with Crippen molar-refractivity contribution in [3.05, 3.63) is 108 Å². The average molecular weight is 1450 g/mol. The van der Waals surface area contributed by atoms with Crippen LogP contribution in [0.25, 0.3) is 10.8 Å². The molecular weight excluding hydrogens is 1360 g/mol. The van der Waals surface area contributed by atoms with Crippen molar-refractivity contribution in [2.75, 3.05) is 52.9 Å². The number of carbonyl (C=O) groups excluding carboxylic acids is 4. The average Bonchev–Trinajstić information content (AvgIpc) is 1.76. The predicted octanol–water partition coefficient (Wildman–Crippen LogP) is -14.5. The molecule has 0 bridgehead atoms. The van der Waals surface area contributed by atoms with Gasteiger partial charge in [-0.25, -0.2) is 9.57 Å². The first kappa shape index (κ1) is 77.0. The number of fused-ring (bicyclic) bond motifs is 1. The summed E-state index contributed by atoms with van der Waals surface area (Å²) < 4.78 is 41.5. The van der Waals surface area contributed by atoms with E-state index in [0.29, 0.717) is 11.3 Å². The summed E-state index contributed by atoms with van der Waals surface area (Å²) in [5.74, 6) is -8.08. The molecule has 4 aromatic rings. The molecule has 3 saturated heterocycles. The molecule has 0 aliphatic carbocycles. The zero-order valence-corrected chi connectivity index (χ0v) is 55.2. The lowest BCUT2D eigenvalue weighted by molar-refractivity contribution is -0.663. The fourth-order valence-electron chi connectivity index (χ4n) is 12.8. The molecule has 0 spiro atoms. The summed E-state index contributed by atoms with van der Waals surface area (Å²) in [5.41, 5.74) is 13.0. The zero-order chi connectivity index (χ0) is 74.1. The number of carbonyl (C=O) groups is 4. The lowest BCUT2D eigenvalue weighted by atomic mass is 9.92. The van der Waals surface area contributed by atoms with E-state index in [4.69, 9.17) is 44.6 Å². The van der Waals surface area contributed by atoms with E-state index >= 15 is 9.59 Å². The number of hydrogen-bond acceptors (Lipinski definition) is 30. The van der Waals surface area contributed by atoms with E-state index in [-0.39, 0.29) is 43.2 Å². The van der Waals surface area contributed by atoms with Crippen LogP contribution in [0.5, 0.6) is 11.5 Å². The molecule has 26 N–H and O–H groups in total. The van der Waals surface area contributed by atoms with E-state index in [1.54, 1.807) is 49.4 Å². The summed E-state index contributed by atoms with van der Waals surface area (Å²) in [6, 6.07) is 14.0. The highest BCUT2D eigenvalue weighted by atomic mass is 16.7. The van der Waals surface area contributed by atoms with Crippen molar-refractivity contribution in [3.8, 4) is 11.5 Å². The summed E-state index contributed by atoms with van der Waals surface area (Å²) >= 11 is 0. The van der Waals surface area contributed by atoms with Gasteiger partial charge in [0.2, 0.25) is 36.1 Å². The predicted molar refractivity (Wildman–Crippen MR) is 349 cm³/mol. The first-order valence-electron chi connectivity index (χ1n) is 33.1. The number of nitrogens with two attached hydrogens (primary N) is 2. The Hall–Kier alpha value is -8.62. The first-order chi connectivity index (χ1) is 49.3. The van der Waals surface area contributed by atoms with Crippen molar-refractivity contribution in [1.29, 1.82) is 0 Å². The van der Waals surface area contributed by atoms with Crippen LogP contribution in [0, 0.1) is 0 Å². The van der Waals surface area contributed by atoms with Crippen molar-refractivity contribution >= 4 is 58.1 Å². The Morgan fingerprint density at radius 1 is 0.641 bits per heavy atom. The third kappa shape index (κ3) is 17.8. The first-order valence-corrected chi connectivity index (χ1v) is 33.1. The Labute approximate surface area is 586 Å². The number of amides is 4. The Morgan fingerprint density at radius 3 is 1.95 bits per heavy atom. The van der Waals surface area contributed by atoms with Gasteiger partial charge in [-0.2, -0.15) is 0 Å². The van der Waals surface area contributed by atoms with Gasteiger partial charge in [0, 0.05) is 18.2 Å². The van der Waals surface area contributed by atoms with Crippen LogP contribution in [0.3, 0.4) is 0 Å². The van der Waals surface area contributed by atoms with Crippen molar-refractivity contribution in [2.45, 2.75) is 166 Å². The third-order valence-electron chi connectivity index (χ3n) is 18.7. The van der Waals surface area contributed by atoms with Crippen molar-refractivity contribution in [2.24, 2.45) is 16.5 Å². The summed E-state index contributed by atoms with van der Waals surface area (Å²) in [5, 5.41) is 186. The normalized spacial score (nSPS) is 34.5. The minimum absolute atomic E-state index is 0.0687. The van der Waals surface area contributed by atoms with Crippen LogP contribution < -0.4 is 67.9 Å². The minimum Gasteiger partial charge on any atom is -0.858 e. The molecule has 103 heavy (non-hydrogen) atoms. The fraction of sp³-hybridized carbons (Fsp3) is 0.538. The van der Waals surface area contributed by atoms with Crippen molar-refractivity contribution in [1.82, 2.24) is 31.9 Å². The van der Waals surface area contributed by atoms with Gasteiger partial charge in [-0.05, 0) is 46.2 Å². The van der Waals surface area contributed by atoms with E-state index in [9.17, 15) is 86.2 Å². The summed E-state index contributed by atoms with van der Waals surface area (Å²) in [4.78, 5) is 69.2. The van der Waals surface area contributed by atoms with Crippen LogP contribution in [0.4, 0.5) is 0 Å². The SMILES string of the molecule is C[C@H](c1ccccc1)[C@@H]1N=C([O-])C[NH+]=C(O)C(CO)NC(=O)[C@@H]([C@H](O)[C@@H]2CNC(N)=[N+]2[C@@H]2O[C@@H](CO)[C@H](O)[C@H](O)[C@@H]2O)NC(=O)[C@H]([C@H](O)[C@@H]2C[NH+]=C(N)N2)NC(=O)[C@@H](Cc2ccc(O[C@@H]3O[C@H](CO)[C@H](O[C@@H]4O[C@@H](COCOc5ccc6ccccc6c5)[C@H](O)[C@H](O)[C@@H]4O)[C@@H](O)[C@H]3O)cc2)NC1=O. The smallest absolute Gasteiger partial charge is 0.358 e. The Bertz CT molecular complexity index is 3700. The van der Waals surface area contributed by atoms with E-state index in [2.05, 4.69) is 46.9 Å². The molecule has 4 amide bonds. The quantitative estimate of drug-likeness (QED) is 0.0209. The number of nitrogens with zero attached hydrogens (tertiary/aromatic N) is 2. The molecule has 562 valence electrons. The molecule has 38 nitrogen and oxygen atoms in total. The van der Waals surface area contributed by atoms with E-state index in [1.807, 2.05) is 30.3 Å². The Balaban J connectivity index is 0.898. The molecule has 6 aliphatic rings. The second-order valence-corrected chi connectivity index (χ2v) is 25.6. The molecule has 38 heteroatoms. The monoisotopic (exact) mass is 1450 g/mol. The number of benzene rings is 4. The molecule has 1 unspecified atom stereocenters. The number of rotatable bonds is 21. The largest absolute Gasteiger partial charge is 0.858 e. The Morgan fingerprint density at radius 2 is 1.26 bits per heavy atom. The molecule has 0 aromatic heterocycles. The van der Waals surface area contributed by atoms with Gasteiger partial charge in [0.15, 0.2) is 25.7 Å². The van der Waals surface area contributed by atoms with Gasteiger partial charge in [0.05, 0.1) is 33.0 Å². The second-order valence-electron chi connectivity index (χ2n) is 25.6. The lowest BCUT2D eigenvalue weighted by Gasteiger charge is -2.46. The number of guanidine groups is 2.